The zero-order valence-electron chi connectivity index (χ0n) is 9.32. The fourth-order valence-corrected chi connectivity index (χ4v) is 3.65. The minimum atomic E-state index is 0.375. The molecule has 2 rings (SSSR count). The lowest BCUT2D eigenvalue weighted by atomic mass is 9.86. The van der Waals surface area contributed by atoms with Gasteiger partial charge in [0.1, 0.15) is 0 Å². The van der Waals surface area contributed by atoms with Crippen molar-refractivity contribution in [2.45, 2.75) is 38.4 Å². The van der Waals surface area contributed by atoms with Crippen molar-refractivity contribution >= 4 is 27.3 Å². The molecule has 2 unspecified atom stereocenters. The molecule has 4 heteroatoms. The minimum absolute atomic E-state index is 0.375. The maximum Gasteiger partial charge on any atom is 0.0813 e. The first-order valence-electron chi connectivity index (χ1n) is 5.84. The van der Waals surface area contributed by atoms with Crippen LogP contribution < -0.4 is 5.73 Å². The van der Waals surface area contributed by atoms with Gasteiger partial charge in [-0.15, -0.1) is 11.3 Å². The van der Waals surface area contributed by atoms with E-state index in [1.54, 1.807) is 11.3 Å². The highest BCUT2D eigenvalue weighted by Crippen LogP contribution is 2.28. The lowest BCUT2D eigenvalue weighted by molar-refractivity contribution is -0.0171. The standard InChI is InChI=1S/C12H18BrNOS/c13-10-5-11(16-8-10)7-15-12-4-2-1-3-9(12)6-14/h5,8-9,12H,1-4,6-7,14H2. The molecule has 16 heavy (non-hydrogen) atoms. The molecule has 1 aliphatic rings. The molecular weight excluding hydrogens is 286 g/mol. The topological polar surface area (TPSA) is 35.2 Å². The maximum absolute atomic E-state index is 6.00. The van der Waals surface area contributed by atoms with Crippen LogP contribution in [0.25, 0.3) is 0 Å². The van der Waals surface area contributed by atoms with E-state index < -0.39 is 0 Å². The third-order valence-corrected chi connectivity index (χ3v) is 4.87. The van der Waals surface area contributed by atoms with Crippen molar-refractivity contribution in [2.75, 3.05) is 6.54 Å². The molecule has 0 amide bonds. The Morgan fingerprint density at radius 3 is 2.94 bits per heavy atom. The van der Waals surface area contributed by atoms with Crippen LogP contribution in [0, 0.1) is 5.92 Å². The summed E-state index contributed by atoms with van der Waals surface area (Å²) in [5.74, 6) is 0.567. The van der Waals surface area contributed by atoms with E-state index in [0.717, 1.165) is 17.6 Å². The Bertz CT molecular complexity index is 329. The summed E-state index contributed by atoms with van der Waals surface area (Å²) in [6.07, 6.45) is 5.38. The van der Waals surface area contributed by atoms with Crippen LogP contribution in [0.2, 0.25) is 0 Å². The van der Waals surface area contributed by atoms with Crippen LogP contribution in [0.4, 0.5) is 0 Å². The van der Waals surface area contributed by atoms with Crippen LogP contribution in [0.1, 0.15) is 30.6 Å². The lowest BCUT2D eigenvalue weighted by Gasteiger charge is -2.30. The summed E-state index contributed by atoms with van der Waals surface area (Å²) in [6.45, 7) is 1.50. The molecule has 1 saturated carbocycles. The van der Waals surface area contributed by atoms with Gasteiger partial charge in [-0.2, -0.15) is 0 Å². The summed E-state index contributed by atoms with van der Waals surface area (Å²) in [5.41, 5.74) is 5.78. The number of halogens is 1. The van der Waals surface area contributed by atoms with E-state index >= 15 is 0 Å². The highest BCUT2D eigenvalue weighted by molar-refractivity contribution is 9.10. The zero-order valence-corrected chi connectivity index (χ0v) is 11.7. The first-order valence-corrected chi connectivity index (χ1v) is 7.51. The number of nitrogens with two attached hydrogens (primary N) is 1. The monoisotopic (exact) mass is 303 g/mol. The van der Waals surface area contributed by atoms with Crippen LogP contribution in [0.5, 0.6) is 0 Å². The van der Waals surface area contributed by atoms with Crippen LogP contribution in [0.15, 0.2) is 15.9 Å². The molecule has 0 saturated heterocycles. The van der Waals surface area contributed by atoms with Gasteiger partial charge in [0.15, 0.2) is 0 Å². The van der Waals surface area contributed by atoms with E-state index in [1.165, 1.54) is 30.6 Å². The molecule has 0 aromatic carbocycles. The lowest BCUT2D eigenvalue weighted by Crippen LogP contribution is -2.32. The molecule has 1 aromatic rings. The average Bonchev–Trinajstić information content (AvgIpc) is 2.73. The van der Waals surface area contributed by atoms with Crippen molar-refractivity contribution in [1.29, 1.82) is 0 Å². The molecule has 1 heterocycles. The number of hydrogen-bond donors (Lipinski definition) is 1. The van der Waals surface area contributed by atoms with Gasteiger partial charge in [0.2, 0.25) is 0 Å². The molecule has 2 N–H and O–H groups in total. The van der Waals surface area contributed by atoms with E-state index in [1.807, 2.05) is 0 Å². The van der Waals surface area contributed by atoms with Gasteiger partial charge in [-0.05, 0) is 47.3 Å². The predicted octanol–water partition coefficient (Wildman–Crippen LogP) is 3.54. The Hall–Kier alpha value is 0.1000. The quantitative estimate of drug-likeness (QED) is 0.923. The van der Waals surface area contributed by atoms with Gasteiger partial charge in [0.25, 0.3) is 0 Å². The molecule has 0 bridgehead atoms. The van der Waals surface area contributed by atoms with Crippen LogP contribution in [-0.2, 0) is 11.3 Å². The fourth-order valence-electron chi connectivity index (χ4n) is 2.28. The van der Waals surface area contributed by atoms with Crippen molar-refractivity contribution in [2.24, 2.45) is 11.7 Å². The summed E-state index contributed by atoms with van der Waals surface area (Å²) in [7, 11) is 0. The summed E-state index contributed by atoms with van der Waals surface area (Å²) >= 11 is 5.20. The van der Waals surface area contributed by atoms with Crippen LogP contribution in [0.3, 0.4) is 0 Å². The van der Waals surface area contributed by atoms with Crippen molar-refractivity contribution < 1.29 is 4.74 Å². The van der Waals surface area contributed by atoms with Gasteiger partial charge in [0.05, 0.1) is 12.7 Å². The van der Waals surface area contributed by atoms with Gasteiger partial charge < -0.3 is 10.5 Å². The second-order valence-corrected chi connectivity index (χ2v) is 6.27. The molecule has 90 valence electrons. The number of rotatable bonds is 4. The highest BCUT2D eigenvalue weighted by Gasteiger charge is 2.24. The second kappa shape index (κ2) is 6.15. The first-order chi connectivity index (χ1) is 7.79. The smallest absolute Gasteiger partial charge is 0.0813 e. The maximum atomic E-state index is 6.00. The third-order valence-electron chi connectivity index (χ3n) is 3.20. The van der Waals surface area contributed by atoms with Crippen molar-refractivity contribution in [3.63, 3.8) is 0 Å². The van der Waals surface area contributed by atoms with Gasteiger partial charge in [-0.25, -0.2) is 0 Å². The molecular formula is C12H18BrNOS. The Kier molecular flexibility index (Phi) is 4.82. The molecule has 0 aliphatic heterocycles. The minimum Gasteiger partial charge on any atom is -0.372 e. The molecule has 1 fully saturated rings. The Labute approximate surface area is 109 Å². The third kappa shape index (κ3) is 3.29. The molecule has 1 aromatic heterocycles. The predicted molar refractivity (Wildman–Crippen MR) is 71.6 cm³/mol. The number of ether oxygens (including phenoxy) is 1. The number of hydrogen-bond acceptors (Lipinski definition) is 3. The van der Waals surface area contributed by atoms with E-state index in [9.17, 15) is 0 Å². The van der Waals surface area contributed by atoms with Crippen LogP contribution in [-0.4, -0.2) is 12.6 Å². The molecule has 2 atom stereocenters. The van der Waals surface area contributed by atoms with Crippen molar-refractivity contribution in [3.8, 4) is 0 Å². The Morgan fingerprint density at radius 1 is 1.44 bits per heavy atom. The highest BCUT2D eigenvalue weighted by atomic mass is 79.9. The molecule has 0 spiro atoms. The van der Waals surface area contributed by atoms with Gasteiger partial charge >= 0.3 is 0 Å². The van der Waals surface area contributed by atoms with Gasteiger partial charge in [0, 0.05) is 14.7 Å². The van der Waals surface area contributed by atoms with Gasteiger partial charge in [-0.1, -0.05) is 12.8 Å². The van der Waals surface area contributed by atoms with E-state index in [4.69, 9.17) is 10.5 Å². The summed E-state index contributed by atoms with van der Waals surface area (Å²) in [4.78, 5) is 1.29. The van der Waals surface area contributed by atoms with E-state index in [-0.39, 0.29) is 0 Å². The molecule has 1 aliphatic carbocycles. The summed E-state index contributed by atoms with van der Waals surface area (Å²) in [6, 6.07) is 2.13. The van der Waals surface area contributed by atoms with E-state index in [2.05, 4.69) is 27.4 Å². The second-order valence-electron chi connectivity index (χ2n) is 4.36. The zero-order chi connectivity index (χ0) is 11.4. The summed E-state index contributed by atoms with van der Waals surface area (Å²) < 4.78 is 7.14. The molecule has 0 radical (unpaired) electrons. The summed E-state index contributed by atoms with van der Waals surface area (Å²) in [5, 5.41) is 2.10. The van der Waals surface area contributed by atoms with Gasteiger partial charge in [-0.3, -0.25) is 0 Å². The fraction of sp³-hybridized carbons (Fsp3) is 0.667. The largest absolute Gasteiger partial charge is 0.372 e. The normalized spacial score (nSPS) is 25.9. The van der Waals surface area contributed by atoms with E-state index in [0.29, 0.717) is 12.0 Å². The first kappa shape index (κ1) is 12.6. The SMILES string of the molecule is NCC1CCCCC1OCc1cc(Br)cs1. The van der Waals surface area contributed by atoms with Crippen molar-refractivity contribution in [3.05, 3.63) is 20.8 Å². The number of thiophene rings is 1. The Balaban J connectivity index is 1.84. The van der Waals surface area contributed by atoms with Crippen LogP contribution >= 0.6 is 27.3 Å². The Morgan fingerprint density at radius 2 is 2.25 bits per heavy atom. The van der Waals surface area contributed by atoms with Crippen molar-refractivity contribution in [1.82, 2.24) is 0 Å². The average molecular weight is 304 g/mol. The molecule has 2 nitrogen and oxygen atoms in total.